The maximum Gasteiger partial charge on any atom is 0.243 e. The van der Waals surface area contributed by atoms with Gasteiger partial charge in [-0.15, -0.1) is 0 Å². The molecule has 0 aliphatic carbocycles. The SMILES string of the molecule is Fc1ccc(F)c(COc2[c]ncc(-c3ccc4[nH]cc(CN5CCOCC5)c4c3)n2)c1Cl. The van der Waals surface area contributed by atoms with E-state index in [2.05, 4.69) is 32.1 Å². The minimum atomic E-state index is -0.715. The van der Waals surface area contributed by atoms with Gasteiger partial charge in [0, 0.05) is 47.9 Å². The number of hydrogen-bond donors (Lipinski definition) is 1. The minimum absolute atomic E-state index is 0.0648. The van der Waals surface area contributed by atoms with E-state index >= 15 is 0 Å². The average molecular weight is 470 g/mol. The van der Waals surface area contributed by atoms with Crippen molar-refractivity contribution in [2.24, 2.45) is 0 Å². The lowest BCUT2D eigenvalue weighted by Crippen LogP contribution is -2.35. The largest absolute Gasteiger partial charge is 0.471 e. The third-order valence-corrected chi connectivity index (χ3v) is 6.03. The highest BCUT2D eigenvalue weighted by Crippen LogP contribution is 2.28. The molecule has 33 heavy (non-hydrogen) atoms. The standard InChI is InChI=1S/C24H20ClF2N4O2/c25-24-18(19(26)2-3-20(24)27)14-33-23-12-28-11-22(30-23)15-1-4-21-17(9-15)16(10-29-21)13-31-5-7-32-8-6-31/h1-4,9-11,29H,5-8,13-14H2. The van der Waals surface area contributed by atoms with Crippen LogP contribution in [0.2, 0.25) is 5.02 Å². The second kappa shape index (κ2) is 9.43. The van der Waals surface area contributed by atoms with E-state index in [9.17, 15) is 8.78 Å². The average Bonchev–Trinajstić information content (AvgIpc) is 3.24. The van der Waals surface area contributed by atoms with Crippen LogP contribution in [0.3, 0.4) is 0 Å². The number of nitrogens with zero attached hydrogens (tertiary/aromatic N) is 3. The van der Waals surface area contributed by atoms with E-state index in [-0.39, 0.29) is 23.1 Å². The molecular formula is C24H20ClF2N4O2. The topological polar surface area (TPSA) is 63.3 Å². The van der Waals surface area contributed by atoms with E-state index in [0.29, 0.717) is 5.69 Å². The number of rotatable bonds is 6. The predicted octanol–water partition coefficient (Wildman–Crippen LogP) is 4.77. The van der Waals surface area contributed by atoms with Gasteiger partial charge in [0.1, 0.15) is 18.2 Å². The molecule has 169 valence electrons. The van der Waals surface area contributed by atoms with Crippen molar-refractivity contribution >= 4 is 22.5 Å². The van der Waals surface area contributed by atoms with Gasteiger partial charge in [-0.1, -0.05) is 17.7 Å². The summed E-state index contributed by atoms with van der Waals surface area (Å²) in [6.45, 7) is 3.84. The van der Waals surface area contributed by atoms with Gasteiger partial charge in [0.2, 0.25) is 5.88 Å². The van der Waals surface area contributed by atoms with Crippen LogP contribution in [0.1, 0.15) is 11.1 Å². The van der Waals surface area contributed by atoms with Crippen molar-refractivity contribution in [2.75, 3.05) is 26.3 Å². The lowest BCUT2D eigenvalue weighted by atomic mass is 10.1. The minimum Gasteiger partial charge on any atom is -0.471 e. The first-order chi connectivity index (χ1) is 16.1. The molecule has 0 bridgehead atoms. The molecule has 1 fully saturated rings. The fourth-order valence-electron chi connectivity index (χ4n) is 3.83. The summed E-state index contributed by atoms with van der Waals surface area (Å²) in [7, 11) is 0. The maximum atomic E-state index is 14.0. The van der Waals surface area contributed by atoms with Crippen molar-refractivity contribution in [1.82, 2.24) is 19.9 Å². The van der Waals surface area contributed by atoms with Crippen molar-refractivity contribution < 1.29 is 18.3 Å². The molecule has 0 atom stereocenters. The number of aromatic nitrogens is 3. The number of fused-ring (bicyclic) bond motifs is 1. The molecule has 2 aromatic heterocycles. The highest BCUT2D eigenvalue weighted by Gasteiger charge is 2.15. The number of aromatic amines is 1. The van der Waals surface area contributed by atoms with Crippen molar-refractivity contribution in [3.05, 3.63) is 76.7 Å². The van der Waals surface area contributed by atoms with Crippen LogP contribution in [0.25, 0.3) is 22.2 Å². The van der Waals surface area contributed by atoms with Gasteiger partial charge in [0.15, 0.2) is 6.20 Å². The Morgan fingerprint density at radius 3 is 2.82 bits per heavy atom. The molecule has 0 unspecified atom stereocenters. The molecule has 3 heterocycles. The van der Waals surface area contributed by atoms with E-state index in [0.717, 1.165) is 61.4 Å². The Morgan fingerprint density at radius 1 is 1.15 bits per heavy atom. The van der Waals surface area contributed by atoms with E-state index < -0.39 is 11.6 Å². The number of ether oxygens (including phenoxy) is 2. The quantitative estimate of drug-likeness (QED) is 0.412. The van der Waals surface area contributed by atoms with Gasteiger partial charge in [-0.05, 0) is 29.8 Å². The number of halogens is 3. The number of nitrogens with one attached hydrogen (secondary N) is 1. The molecule has 1 radical (unpaired) electrons. The summed E-state index contributed by atoms with van der Waals surface area (Å²) >= 11 is 5.87. The first-order valence-corrected chi connectivity index (χ1v) is 10.9. The van der Waals surface area contributed by atoms with Crippen LogP contribution < -0.4 is 4.74 Å². The highest BCUT2D eigenvalue weighted by molar-refractivity contribution is 6.31. The van der Waals surface area contributed by atoms with Crippen molar-refractivity contribution in [2.45, 2.75) is 13.2 Å². The highest BCUT2D eigenvalue weighted by atomic mass is 35.5. The Kier molecular flexibility index (Phi) is 6.22. The zero-order valence-corrected chi connectivity index (χ0v) is 18.3. The zero-order chi connectivity index (χ0) is 22.8. The van der Waals surface area contributed by atoms with Crippen LogP contribution >= 0.6 is 11.6 Å². The van der Waals surface area contributed by atoms with Crippen molar-refractivity contribution in [3.63, 3.8) is 0 Å². The molecular weight excluding hydrogens is 450 g/mol. The fraction of sp³-hybridized carbons (Fsp3) is 0.250. The lowest BCUT2D eigenvalue weighted by Gasteiger charge is -2.26. The van der Waals surface area contributed by atoms with Crippen LogP contribution in [0, 0.1) is 17.8 Å². The Hall–Kier alpha value is -3.07. The van der Waals surface area contributed by atoms with Gasteiger partial charge in [-0.25, -0.2) is 18.7 Å². The predicted molar refractivity (Wildman–Crippen MR) is 120 cm³/mol. The lowest BCUT2D eigenvalue weighted by molar-refractivity contribution is 0.0343. The molecule has 1 N–H and O–H groups in total. The van der Waals surface area contributed by atoms with E-state index in [1.807, 2.05) is 18.3 Å². The third-order valence-electron chi connectivity index (χ3n) is 5.62. The van der Waals surface area contributed by atoms with Gasteiger partial charge in [-0.3, -0.25) is 4.90 Å². The molecule has 1 aliphatic heterocycles. The summed E-state index contributed by atoms with van der Waals surface area (Å²) in [6.07, 6.45) is 6.24. The molecule has 1 saturated heterocycles. The second-order valence-corrected chi connectivity index (χ2v) is 8.12. The zero-order valence-electron chi connectivity index (χ0n) is 17.6. The summed E-state index contributed by atoms with van der Waals surface area (Å²) in [5.74, 6) is -1.31. The first-order valence-electron chi connectivity index (χ1n) is 10.5. The molecule has 9 heteroatoms. The summed E-state index contributed by atoms with van der Waals surface area (Å²) in [4.78, 5) is 14.2. The Morgan fingerprint density at radius 2 is 1.97 bits per heavy atom. The summed E-state index contributed by atoms with van der Waals surface area (Å²) < 4.78 is 38.6. The van der Waals surface area contributed by atoms with Crippen LogP contribution in [0.15, 0.2) is 42.7 Å². The molecule has 0 saturated carbocycles. The van der Waals surface area contributed by atoms with Crippen LogP contribution in [0.5, 0.6) is 5.88 Å². The molecule has 5 rings (SSSR count). The van der Waals surface area contributed by atoms with Crippen molar-refractivity contribution in [1.29, 1.82) is 0 Å². The van der Waals surface area contributed by atoms with Crippen LogP contribution in [-0.2, 0) is 17.9 Å². The molecule has 6 nitrogen and oxygen atoms in total. The number of benzene rings is 2. The summed E-state index contributed by atoms with van der Waals surface area (Å²) in [5, 5.41) is 0.787. The summed E-state index contributed by atoms with van der Waals surface area (Å²) in [6, 6.07) is 7.96. The Balaban J connectivity index is 1.37. The van der Waals surface area contributed by atoms with E-state index in [4.69, 9.17) is 21.1 Å². The van der Waals surface area contributed by atoms with Crippen LogP contribution in [-0.4, -0.2) is 46.2 Å². The molecule has 0 spiro atoms. The van der Waals surface area contributed by atoms with Crippen LogP contribution in [0.4, 0.5) is 8.78 Å². The maximum absolute atomic E-state index is 14.0. The normalized spacial score (nSPS) is 14.6. The van der Waals surface area contributed by atoms with Gasteiger partial charge < -0.3 is 14.5 Å². The molecule has 1 aliphatic rings. The third kappa shape index (κ3) is 4.68. The van der Waals surface area contributed by atoms with E-state index in [1.165, 1.54) is 5.56 Å². The molecule has 2 aromatic carbocycles. The van der Waals surface area contributed by atoms with Gasteiger partial charge in [0.25, 0.3) is 0 Å². The van der Waals surface area contributed by atoms with Gasteiger partial charge in [0.05, 0.1) is 30.1 Å². The first kappa shape index (κ1) is 21.8. The second-order valence-electron chi connectivity index (χ2n) is 7.75. The smallest absolute Gasteiger partial charge is 0.243 e. The Bertz CT molecular complexity index is 1290. The monoisotopic (exact) mass is 469 g/mol. The Labute approximate surface area is 194 Å². The number of hydrogen-bond acceptors (Lipinski definition) is 5. The van der Waals surface area contributed by atoms with Gasteiger partial charge in [-0.2, -0.15) is 0 Å². The molecule has 0 amide bonds. The summed E-state index contributed by atoms with van der Waals surface area (Å²) in [5.41, 5.74) is 3.57. The van der Waals surface area contributed by atoms with Crippen molar-refractivity contribution in [3.8, 4) is 17.1 Å². The fourth-order valence-corrected chi connectivity index (χ4v) is 4.03. The van der Waals surface area contributed by atoms with Gasteiger partial charge >= 0.3 is 0 Å². The number of H-pyrrole nitrogens is 1. The number of morpholine rings is 1. The van der Waals surface area contributed by atoms with E-state index in [1.54, 1.807) is 6.20 Å². The molecule has 4 aromatic rings.